The number of ether oxygens (including phenoxy) is 1. The molecule has 0 saturated carbocycles. The Morgan fingerprint density at radius 2 is 1.90 bits per heavy atom. The van der Waals surface area contributed by atoms with Crippen molar-refractivity contribution in [3.63, 3.8) is 0 Å². The molecule has 0 spiro atoms. The fraction of sp³-hybridized carbons (Fsp3) is 0.367. The highest BCUT2D eigenvalue weighted by atomic mass is 35.5. The van der Waals surface area contributed by atoms with Gasteiger partial charge in [-0.1, -0.05) is 24.2 Å². The van der Waals surface area contributed by atoms with Crippen LogP contribution < -0.4 is 20.4 Å². The van der Waals surface area contributed by atoms with Gasteiger partial charge in [-0.25, -0.2) is 8.78 Å². The summed E-state index contributed by atoms with van der Waals surface area (Å²) >= 11 is 6.19. The molecule has 2 saturated heterocycles. The lowest BCUT2D eigenvalue weighted by atomic mass is 9.89. The van der Waals surface area contributed by atoms with Crippen molar-refractivity contribution in [3.8, 4) is 0 Å². The van der Waals surface area contributed by atoms with Crippen LogP contribution in [0.15, 0.2) is 54.9 Å². The average molecular weight is 587 g/mol. The lowest BCUT2D eigenvalue weighted by Gasteiger charge is -2.42. The number of hydrogen-bond donors (Lipinski definition) is 2. The van der Waals surface area contributed by atoms with Crippen molar-refractivity contribution in [2.45, 2.75) is 51.2 Å². The predicted molar refractivity (Wildman–Crippen MR) is 154 cm³/mol. The Balaban J connectivity index is 1.25. The minimum absolute atomic E-state index is 0.0330. The molecule has 2 atom stereocenters. The van der Waals surface area contributed by atoms with E-state index in [-0.39, 0.29) is 42.9 Å². The molecule has 0 aromatic heterocycles. The van der Waals surface area contributed by atoms with Crippen molar-refractivity contribution in [2.24, 2.45) is 0 Å². The minimum atomic E-state index is -1.04. The van der Waals surface area contributed by atoms with E-state index in [2.05, 4.69) is 23.8 Å². The van der Waals surface area contributed by atoms with E-state index in [0.717, 1.165) is 5.56 Å². The Morgan fingerprint density at radius 3 is 2.54 bits per heavy atom. The van der Waals surface area contributed by atoms with E-state index in [9.17, 15) is 23.2 Å². The zero-order valence-electron chi connectivity index (χ0n) is 23.2. The zero-order valence-corrected chi connectivity index (χ0v) is 24.0. The van der Waals surface area contributed by atoms with Gasteiger partial charge in [0.25, 0.3) is 5.91 Å². The topological polar surface area (TPSA) is 91.0 Å². The lowest BCUT2D eigenvalue weighted by Crippen LogP contribution is -2.58. The Hall–Kier alpha value is -3.92. The van der Waals surface area contributed by atoms with Crippen LogP contribution in [-0.2, 0) is 19.1 Å². The third-order valence-corrected chi connectivity index (χ3v) is 7.76. The number of halogens is 3. The van der Waals surface area contributed by atoms with Gasteiger partial charge in [0.2, 0.25) is 11.8 Å². The molecule has 11 heteroatoms. The van der Waals surface area contributed by atoms with Gasteiger partial charge in [-0.05, 0) is 56.7 Å². The molecular formula is C30H33ClF2N4O4. The predicted octanol–water partition coefficient (Wildman–Crippen LogP) is 4.71. The van der Waals surface area contributed by atoms with Crippen LogP contribution in [0.3, 0.4) is 0 Å². The van der Waals surface area contributed by atoms with E-state index in [1.54, 1.807) is 31.0 Å². The van der Waals surface area contributed by atoms with Gasteiger partial charge in [-0.3, -0.25) is 19.7 Å². The monoisotopic (exact) mass is 586 g/mol. The summed E-state index contributed by atoms with van der Waals surface area (Å²) in [6.45, 7) is 12.4. The van der Waals surface area contributed by atoms with E-state index >= 15 is 0 Å². The number of anilines is 2. The molecule has 2 heterocycles. The van der Waals surface area contributed by atoms with Crippen molar-refractivity contribution in [2.75, 3.05) is 29.9 Å². The maximum absolute atomic E-state index is 14.9. The molecule has 2 fully saturated rings. The van der Waals surface area contributed by atoms with Crippen LogP contribution in [-0.4, -0.2) is 50.0 Å². The second-order valence-corrected chi connectivity index (χ2v) is 10.9. The first kappa shape index (κ1) is 30.0. The number of nitrogens with one attached hydrogen (secondary N) is 2. The first-order chi connectivity index (χ1) is 19.3. The van der Waals surface area contributed by atoms with Gasteiger partial charge in [0, 0.05) is 60.5 Å². The maximum atomic E-state index is 14.9. The number of carbonyl (C=O) groups excluding carboxylic acids is 3. The fourth-order valence-electron chi connectivity index (χ4n) is 5.12. The summed E-state index contributed by atoms with van der Waals surface area (Å²) in [6, 6.07) is 7.70. The SMILES string of the molecule is C=C(NC1CN(c2cc(F)c(C3CCC(=O)NC3=O)c(F)c2)C1)OC(C)CC(=C)C(=O)N(C)c1cccc(Cl)c1C. The largest absolute Gasteiger partial charge is 0.476 e. The molecule has 0 radical (unpaired) electrons. The maximum Gasteiger partial charge on any atom is 0.253 e. The number of imide groups is 1. The van der Waals surface area contributed by atoms with Crippen LogP contribution in [0.4, 0.5) is 20.2 Å². The average Bonchev–Trinajstić information content (AvgIpc) is 2.87. The van der Waals surface area contributed by atoms with Crippen LogP contribution in [0, 0.1) is 18.6 Å². The van der Waals surface area contributed by atoms with Gasteiger partial charge in [-0.2, -0.15) is 0 Å². The number of likely N-dealkylation sites (N-methyl/N-ethyl adjacent to an activating group) is 1. The van der Waals surface area contributed by atoms with E-state index in [1.165, 1.54) is 17.0 Å². The van der Waals surface area contributed by atoms with E-state index in [1.807, 2.05) is 13.0 Å². The van der Waals surface area contributed by atoms with E-state index in [0.29, 0.717) is 40.9 Å². The van der Waals surface area contributed by atoms with Crippen LogP contribution in [0.25, 0.3) is 0 Å². The number of carbonyl (C=O) groups is 3. The summed E-state index contributed by atoms with van der Waals surface area (Å²) in [7, 11) is 1.67. The molecular weight excluding hydrogens is 554 g/mol. The molecule has 41 heavy (non-hydrogen) atoms. The molecule has 0 aliphatic carbocycles. The molecule has 4 rings (SSSR count). The third-order valence-electron chi connectivity index (χ3n) is 7.35. The molecule has 8 nitrogen and oxygen atoms in total. The Bertz CT molecular complexity index is 1390. The minimum Gasteiger partial charge on any atom is -0.476 e. The zero-order chi connectivity index (χ0) is 30.0. The first-order valence-corrected chi connectivity index (χ1v) is 13.6. The normalized spacial score (nSPS) is 17.8. The molecule has 2 N–H and O–H groups in total. The quantitative estimate of drug-likeness (QED) is 0.238. The van der Waals surface area contributed by atoms with Crippen molar-refractivity contribution >= 4 is 40.7 Å². The molecule has 3 amide bonds. The summed E-state index contributed by atoms with van der Waals surface area (Å²) in [5.74, 6) is -3.75. The number of benzene rings is 2. The van der Waals surface area contributed by atoms with Crippen molar-refractivity contribution in [1.82, 2.24) is 10.6 Å². The molecule has 218 valence electrons. The van der Waals surface area contributed by atoms with E-state index < -0.39 is 29.4 Å². The number of rotatable bonds is 10. The van der Waals surface area contributed by atoms with Gasteiger partial charge in [-0.15, -0.1) is 0 Å². The van der Waals surface area contributed by atoms with E-state index in [4.69, 9.17) is 16.3 Å². The Morgan fingerprint density at radius 1 is 1.24 bits per heavy atom. The number of hydrogen-bond acceptors (Lipinski definition) is 6. The first-order valence-electron chi connectivity index (χ1n) is 13.3. The number of piperidine rings is 1. The number of amides is 3. The Labute approximate surface area is 243 Å². The van der Waals surface area contributed by atoms with Gasteiger partial charge >= 0.3 is 0 Å². The lowest BCUT2D eigenvalue weighted by molar-refractivity contribution is -0.134. The van der Waals surface area contributed by atoms with Crippen LogP contribution >= 0.6 is 11.6 Å². The van der Waals surface area contributed by atoms with Crippen LogP contribution in [0.1, 0.15) is 43.2 Å². The van der Waals surface area contributed by atoms with Crippen molar-refractivity contribution in [1.29, 1.82) is 0 Å². The third kappa shape index (κ3) is 6.70. The van der Waals surface area contributed by atoms with Gasteiger partial charge < -0.3 is 19.9 Å². The molecule has 2 aromatic rings. The van der Waals surface area contributed by atoms with Crippen molar-refractivity contribution in [3.05, 3.63) is 82.7 Å². The summed E-state index contributed by atoms with van der Waals surface area (Å²) in [5, 5.41) is 5.85. The van der Waals surface area contributed by atoms with Gasteiger partial charge in [0.1, 0.15) is 17.7 Å². The molecule has 2 aliphatic rings. The summed E-state index contributed by atoms with van der Waals surface area (Å²) < 4.78 is 35.5. The van der Waals surface area contributed by atoms with Crippen LogP contribution in [0.5, 0.6) is 0 Å². The molecule has 0 bridgehead atoms. The number of nitrogens with zero attached hydrogens (tertiary/aromatic N) is 2. The second-order valence-electron chi connectivity index (χ2n) is 10.5. The summed E-state index contributed by atoms with van der Waals surface area (Å²) in [5.41, 5.74) is 1.89. The highest BCUT2D eigenvalue weighted by Gasteiger charge is 2.34. The van der Waals surface area contributed by atoms with Crippen molar-refractivity contribution < 1.29 is 27.9 Å². The fourth-order valence-corrected chi connectivity index (χ4v) is 5.29. The van der Waals surface area contributed by atoms with Gasteiger partial charge in [0.05, 0.1) is 12.0 Å². The summed E-state index contributed by atoms with van der Waals surface area (Å²) in [4.78, 5) is 39.7. The molecule has 2 aliphatic heterocycles. The smallest absolute Gasteiger partial charge is 0.253 e. The molecule has 2 aromatic carbocycles. The summed E-state index contributed by atoms with van der Waals surface area (Å²) in [6.07, 6.45) is -0.0168. The highest BCUT2D eigenvalue weighted by Crippen LogP contribution is 2.33. The van der Waals surface area contributed by atoms with Crippen LogP contribution in [0.2, 0.25) is 5.02 Å². The second kappa shape index (κ2) is 12.3. The standard InChI is InChI=1S/C30H33ClF2N4O4/c1-16(30(40)36(5)26-8-6-7-23(31)18(26)3)11-17(2)41-19(4)34-20-14-37(15-20)21-12-24(32)28(25(33)13-21)22-9-10-27(38)35-29(22)39/h6-8,12-13,17,20,22,34H,1,4,9-11,14-15H2,2-3,5H3,(H,35,38,39). The van der Waals surface area contributed by atoms with Gasteiger partial charge in [0.15, 0.2) is 5.88 Å². The Kier molecular flexibility index (Phi) is 9.01. The highest BCUT2D eigenvalue weighted by molar-refractivity contribution is 6.31. The molecule has 2 unspecified atom stereocenters.